The number of halogens is 3. The number of nitrogens with zero attached hydrogens (tertiary/aromatic N) is 1. The molecule has 0 saturated heterocycles. The maximum absolute atomic E-state index is 12.4. The molecule has 0 amide bonds. The second kappa shape index (κ2) is 5.86. The third-order valence-electron chi connectivity index (χ3n) is 2.76. The Kier molecular flexibility index (Phi) is 4.15. The molecule has 2 aromatic rings. The van der Waals surface area contributed by atoms with Crippen molar-refractivity contribution in [1.82, 2.24) is 9.97 Å². The lowest BCUT2D eigenvalue weighted by Gasteiger charge is -2.10. The molecule has 0 aliphatic rings. The molecule has 0 unspecified atom stereocenters. The first-order chi connectivity index (χ1) is 9.91. The molecule has 0 aliphatic heterocycles. The molecule has 112 valence electrons. The third-order valence-corrected chi connectivity index (χ3v) is 2.76. The van der Waals surface area contributed by atoms with Crippen LogP contribution >= 0.6 is 0 Å². The Morgan fingerprint density at radius 1 is 1.29 bits per heavy atom. The molecule has 0 bridgehead atoms. The van der Waals surface area contributed by atoms with Crippen molar-refractivity contribution in [3.05, 3.63) is 52.1 Å². The fourth-order valence-electron chi connectivity index (χ4n) is 1.70. The van der Waals surface area contributed by atoms with E-state index in [0.29, 0.717) is 5.56 Å². The maximum Gasteiger partial charge on any atom is 0.416 e. The van der Waals surface area contributed by atoms with Gasteiger partial charge in [0.05, 0.1) is 19.0 Å². The van der Waals surface area contributed by atoms with Crippen LogP contribution in [0.5, 0.6) is 5.75 Å². The van der Waals surface area contributed by atoms with Crippen LogP contribution in [0.1, 0.15) is 11.1 Å². The Morgan fingerprint density at radius 2 is 1.95 bits per heavy atom. The summed E-state index contributed by atoms with van der Waals surface area (Å²) in [6.45, 7) is 0.213. The molecule has 0 saturated carbocycles. The van der Waals surface area contributed by atoms with Crippen LogP contribution in [0.25, 0.3) is 0 Å². The van der Waals surface area contributed by atoms with Crippen molar-refractivity contribution in [3.63, 3.8) is 0 Å². The summed E-state index contributed by atoms with van der Waals surface area (Å²) in [5, 5.41) is 2.84. The van der Waals surface area contributed by atoms with Gasteiger partial charge in [-0.2, -0.15) is 13.2 Å². The molecule has 1 heterocycles. The maximum atomic E-state index is 12.4. The Bertz CT molecular complexity index is 666. The molecule has 0 radical (unpaired) electrons. The Labute approximate surface area is 117 Å². The number of aromatic amines is 1. The molecule has 21 heavy (non-hydrogen) atoms. The minimum Gasteiger partial charge on any atom is -0.489 e. The van der Waals surface area contributed by atoms with E-state index in [9.17, 15) is 18.0 Å². The first-order valence-corrected chi connectivity index (χ1v) is 5.93. The lowest BCUT2D eigenvalue weighted by atomic mass is 10.1. The largest absolute Gasteiger partial charge is 0.489 e. The Morgan fingerprint density at radius 3 is 2.52 bits per heavy atom. The van der Waals surface area contributed by atoms with Crippen molar-refractivity contribution in [2.24, 2.45) is 0 Å². The quantitative estimate of drug-likeness (QED) is 0.910. The molecule has 0 fully saturated rings. The van der Waals surface area contributed by atoms with Crippen LogP contribution in [-0.4, -0.2) is 17.1 Å². The van der Waals surface area contributed by atoms with Crippen LogP contribution in [0, 0.1) is 0 Å². The van der Waals surface area contributed by atoms with E-state index in [1.165, 1.54) is 25.6 Å². The van der Waals surface area contributed by atoms with E-state index in [4.69, 9.17) is 4.74 Å². The van der Waals surface area contributed by atoms with Gasteiger partial charge in [0.2, 0.25) is 5.75 Å². The van der Waals surface area contributed by atoms with Gasteiger partial charge in [-0.1, -0.05) is 12.1 Å². The van der Waals surface area contributed by atoms with Crippen LogP contribution in [0.2, 0.25) is 0 Å². The highest BCUT2D eigenvalue weighted by molar-refractivity contribution is 5.48. The van der Waals surface area contributed by atoms with Gasteiger partial charge in [-0.25, -0.2) is 4.98 Å². The van der Waals surface area contributed by atoms with E-state index in [1.54, 1.807) is 0 Å². The minimum absolute atomic E-state index is 0.0180. The first-order valence-electron chi connectivity index (χ1n) is 5.93. The van der Waals surface area contributed by atoms with Gasteiger partial charge in [-0.05, 0) is 17.7 Å². The van der Waals surface area contributed by atoms with Gasteiger partial charge < -0.3 is 15.0 Å². The lowest BCUT2D eigenvalue weighted by molar-refractivity contribution is -0.137. The van der Waals surface area contributed by atoms with Crippen LogP contribution in [0.15, 0.2) is 35.4 Å². The van der Waals surface area contributed by atoms with Crippen molar-refractivity contribution >= 4 is 5.82 Å². The number of ether oxygens (including phenoxy) is 1. The number of hydrogen-bond donors (Lipinski definition) is 2. The van der Waals surface area contributed by atoms with Gasteiger partial charge in [0, 0.05) is 6.54 Å². The highest BCUT2D eigenvalue weighted by Gasteiger charge is 2.29. The molecule has 0 aliphatic carbocycles. The number of benzene rings is 1. The van der Waals surface area contributed by atoms with Crippen molar-refractivity contribution in [1.29, 1.82) is 0 Å². The fourth-order valence-corrected chi connectivity index (χ4v) is 1.70. The topological polar surface area (TPSA) is 67.0 Å². The van der Waals surface area contributed by atoms with Crippen LogP contribution in [-0.2, 0) is 12.7 Å². The van der Waals surface area contributed by atoms with E-state index in [0.717, 1.165) is 12.1 Å². The number of methoxy groups -OCH3 is 1. The van der Waals surface area contributed by atoms with E-state index in [-0.39, 0.29) is 18.1 Å². The standard InChI is InChI=1S/C13H12F3N3O2/c1-21-10-11(18-7-19-12(10)20)17-6-8-2-4-9(5-3-8)13(14,15)16/h2-5,7H,6H2,1H3,(H2,17,18,19,20). The zero-order chi connectivity index (χ0) is 15.5. The summed E-state index contributed by atoms with van der Waals surface area (Å²) in [6, 6.07) is 4.71. The molecule has 0 atom stereocenters. The average molecular weight is 299 g/mol. The van der Waals surface area contributed by atoms with Crippen molar-refractivity contribution in [2.45, 2.75) is 12.7 Å². The summed E-state index contributed by atoms with van der Waals surface area (Å²) < 4.78 is 42.2. The summed E-state index contributed by atoms with van der Waals surface area (Å²) in [6.07, 6.45) is -3.15. The number of aromatic nitrogens is 2. The molecule has 2 rings (SSSR count). The smallest absolute Gasteiger partial charge is 0.416 e. The summed E-state index contributed by atoms with van der Waals surface area (Å²) in [7, 11) is 1.33. The minimum atomic E-state index is -4.36. The van der Waals surface area contributed by atoms with Crippen LogP contribution < -0.4 is 15.6 Å². The van der Waals surface area contributed by atoms with Gasteiger partial charge in [0.15, 0.2) is 5.82 Å². The Hall–Kier alpha value is -2.51. The normalized spacial score (nSPS) is 11.2. The van der Waals surface area contributed by atoms with Gasteiger partial charge in [0.1, 0.15) is 0 Å². The summed E-state index contributed by atoms with van der Waals surface area (Å²) in [5.41, 5.74) is -0.535. The van der Waals surface area contributed by atoms with E-state index in [2.05, 4.69) is 15.3 Å². The zero-order valence-electron chi connectivity index (χ0n) is 11.0. The number of rotatable bonds is 4. The lowest BCUT2D eigenvalue weighted by Crippen LogP contribution is -2.14. The van der Waals surface area contributed by atoms with E-state index < -0.39 is 17.3 Å². The number of H-pyrrole nitrogens is 1. The molecule has 8 heteroatoms. The average Bonchev–Trinajstić information content (AvgIpc) is 2.44. The second-order valence-electron chi connectivity index (χ2n) is 4.16. The summed E-state index contributed by atoms with van der Waals surface area (Å²) in [4.78, 5) is 17.7. The highest BCUT2D eigenvalue weighted by atomic mass is 19.4. The monoisotopic (exact) mass is 299 g/mol. The zero-order valence-corrected chi connectivity index (χ0v) is 11.0. The molecule has 1 aromatic carbocycles. The first kappa shape index (κ1) is 14.9. The summed E-state index contributed by atoms with van der Waals surface area (Å²) >= 11 is 0. The van der Waals surface area contributed by atoms with Gasteiger partial charge in [0.25, 0.3) is 5.56 Å². The number of hydrogen-bond acceptors (Lipinski definition) is 4. The number of anilines is 1. The van der Waals surface area contributed by atoms with E-state index in [1.807, 2.05) is 0 Å². The molecule has 5 nitrogen and oxygen atoms in total. The predicted octanol–water partition coefficient (Wildman–Crippen LogP) is 2.41. The number of nitrogens with one attached hydrogen (secondary N) is 2. The van der Waals surface area contributed by atoms with Crippen molar-refractivity contribution in [2.75, 3.05) is 12.4 Å². The van der Waals surface area contributed by atoms with Gasteiger partial charge >= 0.3 is 6.18 Å². The van der Waals surface area contributed by atoms with Gasteiger partial charge in [-0.3, -0.25) is 4.79 Å². The highest BCUT2D eigenvalue weighted by Crippen LogP contribution is 2.29. The molecule has 1 aromatic heterocycles. The number of alkyl halides is 3. The van der Waals surface area contributed by atoms with Crippen LogP contribution in [0.3, 0.4) is 0 Å². The summed E-state index contributed by atoms with van der Waals surface area (Å²) in [5.74, 6) is 0.241. The molecule has 2 N–H and O–H groups in total. The SMILES string of the molecule is COc1c(NCc2ccc(C(F)(F)F)cc2)nc[nH]c1=O. The van der Waals surface area contributed by atoms with Crippen molar-refractivity contribution < 1.29 is 17.9 Å². The Balaban J connectivity index is 2.10. The van der Waals surface area contributed by atoms with E-state index >= 15 is 0 Å². The molecule has 0 spiro atoms. The van der Waals surface area contributed by atoms with Gasteiger partial charge in [-0.15, -0.1) is 0 Å². The molecular formula is C13H12F3N3O2. The fraction of sp³-hybridized carbons (Fsp3) is 0.231. The predicted molar refractivity (Wildman–Crippen MR) is 70.2 cm³/mol. The molecular weight excluding hydrogens is 287 g/mol. The van der Waals surface area contributed by atoms with Crippen molar-refractivity contribution in [3.8, 4) is 5.75 Å². The second-order valence-corrected chi connectivity index (χ2v) is 4.16. The third kappa shape index (κ3) is 3.53. The van der Waals surface area contributed by atoms with Crippen LogP contribution in [0.4, 0.5) is 19.0 Å².